The Bertz CT molecular complexity index is 937. The number of hydrogen-bond acceptors (Lipinski definition) is 4. The van der Waals surface area contributed by atoms with E-state index in [-0.39, 0.29) is 5.91 Å². The summed E-state index contributed by atoms with van der Waals surface area (Å²) < 4.78 is 5.44. The highest BCUT2D eigenvalue weighted by Gasteiger charge is 2.09. The zero-order chi connectivity index (χ0) is 19.2. The molecular weight excluding hydrogens is 338 g/mol. The molecule has 2 aromatic carbocycles. The van der Waals surface area contributed by atoms with Crippen molar-refractivity contribution < 1.29 is 9.53 Å². The Morgan fingerprint density at radius 2 is 1.67 bits per heavy atom. The van der Waals surface area contributed by atoms with Gasteiger partial charge in [0.25, 0.3) is 5.91 Å². The van der Waals surface area contributed by atoms with Crippen LogP contribution in [0, 0.1) is 13.8 Å². The number of carbonyl (C=O) groups is 1. The second-order valence-electron chi connectivity index (χ2n) is 6.27. The Kier molecular flexibility index (Phi) is 5.71. The van der Waals surface area contributed by atoms with Gasteiger partial charge < -0.3 is 15.4 Å². The van der Waals surface area contributed by atoms with Gasteiger partial charge in [0.05, 0.1) is 6.61 Å². The van der Waals surface area contributed by atoms with Crippen LogP contribution in [0.1, 0.15) is 28.5 Å². The quantitative estimate of drug-likeness (QED) is 0.642. The summed E-state index contributed by atoms with van der Waals surface area (Å²) in [5, 5.41) is 6.17. The predicted molar refractivity (Wildman–Crippen MR) is 109 cm³/mol. The van der Waals surface area contributed by atoms with Gasteiger partial charge in [-0.2, -0.15) is 0 Å². The minimum absolute atomic E-state index is 0.242. The highest BCUT2D eigenvalue weighted by atomic mass is 16.5. The van der Waals surface area contributed by atoms with Gasteiger partial charge in [0.2, 0.25) is 0 Å². The zero-order valence-electron chi connectivity index (χ0n) is 15.7. The van der Waals surface area contributed by atoms with Crippen molar-refractivity contribution in [3.05, 3.63) is 77.6 Å². The van der Waals surface area contributed by atoms with Crippen LogP contribution in [-0.4, -0.2) is 17.5 Å². The molecule has 27 heavy (non-hydrogen) atoms. The monoisotopic (exact) mass is 361 g/mol. The number of nitrogens with one attached hydrogen (secondary N) is 2. The van der Waals surface area contributed by atoms with E-state index in [1.54, 1.807) is 12.3 Å². The Morgan fingerprint density at radius 1 is 0.926 bits per heavy atom. The van der Waals surface area contributed by atoms with Crippen molar-refractivity contribution in [1.29, 1.82) is 0 Å². The van der Waals surface area contributed by atoms with E-state index in [9.17, 15) is 4.79 Å². The van der Waals surface area contributed by atoms with Crippen LogP contribution in [0.15, 0.2) is 60.8 Å². The molecule has 0 unspecified atom stereocenters. The van der Waals surface area contributed by atoms with Crippen molar-refractivity contribution in [2.45, 2.75) is 20.8 Å². The molecule has 0 aliphatic carbocycles. The summed E-state index contributed by atoms with van der Waals surface area (Å²) in [5.74, 6) is 0.583. The number of aryl methyl sites for hydroxylation is 2. The molecule has 0 saturated carbocycles. The number of benzene rings is 2. The van der Waals surface area contributed by atoms with Gasteiger partial charge in [-0.05, 0) is 80.4 Å². The SMILES string of the molecule is CCOc1ccc(Nc2ccnc(C(=O)Nc3ccc(C)c(C)c3)c2)cc1. The molecule has 1 aromatic heterocycles. The van der Waals surface area contributed by atoms with E-state index in [0.717, 1.165) is 28.4 Å². The largest absolute Gasteiger partial charge is 0.494 e. The Balaban J connectivity index is 1.70. The standard InChI is InChI=1S/C22H23N3O2/c1-4-27-20-9-7-17(8-10-20)24-19-11-12-23-21(14-19)22(26)25-18-6-5-15(2)16(3)13-18/h5-14H,4H2,1-3H3,(H,23,24)(H,25,26). The van der Waals surface area contributed by atoms with Crippen LogP contribution < -0.4 is 15.4 Å². The number of ether oxygens (including phenoxy) is 1. The van der Waals surface area contributed by atoms with Crippen LogP contribution in [0.5, 0.6) is 5.75 Å². The minimum atomic E-state index is -0.242. The molecule has 138 valence electrons. The number of pyridine rings is 1. The van der Waals surface area contributed by atoms with Crippen molar-refractivity contribution in [2.24, 2.45) is 0 Å². The van der Waals surface area contributed by atoms with Crippen LogP contribution in [-0.2, 0) is 0 Å². The topological polar surface area (TPSA) is 63.2 Å². The molecule has 0 radical (unpaired) electrons. The van der Waals surface area contributed by atoms with E-state index in [0.29, 0.717) is 12.3 Å². The number of anilines is 3. The van der Waals surface area contributed by atoms with E-state index in [1.165, 1.54) is 5.56 Å². The summed E-state index contributed by atoms with van der Waals surface area (Å²) in [6.07, 6.45) is 1.62. The summed E-state index contributed by atoms with van der Waals surface area (Å²) >= 11 is 0. The number of nitrogens with zero attached hydrogens (tertiary/aromatic N) is 1. The second-order valence-corrected chi connectivity index (χ2v) is 6.27. The van der Waals surface area contributed by atoms with Gasteiger partial charge in [0, 0.05) is 23.3 Å². The first-order valence-corrected chi connectivity index (χ1v) is 8.89. The number of hydrogen-bond donors (Lipinski definition) is 2. The van der Waals surface area contributed by atoms with Gasteiger partial charge in [0.15, 0.2) is 0 Å². The summed E-state index contributed by atoms with van der Waals surface area (Å²) in [4.78, 5) is 16.7. The van der Waals surface area contributed by atoms with Gasteiger partial charge in [0.1, 0.15) is 11.4 Å². The third-order valence-corrected chi connectivity index (χ3v) is 4.21. The maximum absolute atomic E-state index is 12.5. The fourth-order valence-electron chi connectivity index (χ4n) is 2.61. The fourth-order valence-corrected chi connectivity index (χ4v) is 2.61. The number of rotatable bonds is 6. The first kappa shape index (κ1) is 18.5. The maximum atomic E-state index is 12.5. The zero-order valence-corrected chi connectivity index (χ0v) is 15.7. The lowest BCUT2D eigenvalue weighted by Gasteiger charge is -2.10. The molecule has 0 spiro atoms. The van der Waals surface area contributed by atoms with Crippen LogP contribution in [0.3, 0.4) is 0 Å². The molecule has 5 heteroatoms. The first-order chi connectivity index (χ1) is 13.0. The van der Waals surface area contributed by atoms with E-state index in [2.05, 4.69) is 15.6 Å². The molecule has 3 rings (SSSR count). The maximum Gasteiger partial charge on any atom is 0.274 e. The summed E-state index contributed by atoms with van der Waals surface area (Å²) in [7, 11) is 0. The van der Waals surface area contributed by atoms with E-state index in [4.69, 9.17) is 4.74 Å². The summed E-state index contributed by atoms with van der Waals surface area (Å²) in [6, 6.07) is 17.1. The normalized spacial score (nSPS) is 10.3. The second kappa shape index (κ2) is 8.36. The van der Waals surface area contributed by atoms with Crippen molar-refractivity contribution in [2.75, 3.05) is 17.2 Å². The van der Waals surface area contributed by atoms with Crippen LogP contribution >= 0.6 is 0 Å². The molecule has 3 aromatic rings. The van der Waals surface area contributed by atoms with Crippen molar-refractivity contribution in [1.82, 2.24) is 4.98 Å². The predicted octanol–water partition coefficient (Wildman–Crippen LogP) is 5.09. The molecular formula is C22H23N3O2. The molecule has 0 bridgehead atoms. The number of amides is 1. The highest BCUT2D eigenvalue weighted by Crippen LogP contribution is 2.21. The van der Waals surface area contributed by atoms with E-state index in [1.807, 2.05) is 69.3 Å². The average molecular weight is 361 g/mol. The summed E-state index contributed by atoms with van der Waals surface area (Å²) in [5.41, 5.74) is 5.13. The van der Waals surface area contributed by atoms with Gasteiger partial charge >= 0.3 is 0 Å². The van der Waals surface area contributed by atoms with E-state index < -0.39 is 0 Å². The van der Waals surface area contributed by atoms with Gasteiger partial charge in [-0.25, -0.2) is 0 Å². The minimum Gasteiger partial charge on any atom is -0.494 e. The third-order valence-electron chi connectivity index (χ3n) is 4.21. The molecule has 1 amide bonds. The van der Waals surface area contributed by atoms with E-state index >= 15 is 0 Å². The third kappa shape index (κ3) is 4.85. The van der Waals surface area contributed by atoms with Crippen molar-refractivity contribution >= 4 is 23.0 Å². The Hall–Kier alpha value is -3.34. The lowest BCUT2D eigenvalue weighted by atomic mass is 10.1. The molecule has 5 nitrogen and oxygen atoms in total. The first-order valence-electron chi connectivity index (χ1n) is 8.89. The highest BCUT2D eigenvalue weighted by molar-refractivity contribution is 6.03. The Labute approximate surface area is 159 Å². The molecule has 0 atom stereocenters. The fraction of sp³-hybridized carbons (Fsp3) is 0.182. The smallest absolute Gasteiger partial charge is 0.274 e. The van der Waals surface area contributed by atoms with Crippen LogP contribution in [0.4, 0.5) is 17.1 Å². The van der Waals surface area contributed by atoms with Crippen molar-refractivity contribution in [3.63, 3.8) is 0 Å². The molecule has 1 heterocycles. The van der Waals surface area contributed by atoms with Crippen molar-refractivity contribution in [3.8, 4) is 5.75 Å². The molecule has 0 saturated heterocycles. The molecule has 0 aliphatic rings. The Morgan fingerprint density at radius 3 is 2.37 bits per heavy atom. The van der Waals surface area contributed by atoms with Crippen LogP contribution in [0.25, 0.3) is 0 Å². The van der Waals surface area contributed by atoms with Crippen LogP contribution in [0.2, 0.25) is 0 Å². The lowest BCUT2D eigenvalue weighted by molar-refractivity contribution is 0.102. The molecule has 0 aliphatic heterocycles. The summed E-state index contributed by atoms with van der Waals surface area (Å²) in [6.45, 7) is 6.65. The number of aromatic nitrogens is 1. The van der Waals surface area contributed by atoms with Gasteiger partial charge in [-0.3, -0.25) is 9.78 Å². The van der Waals surface area contributed by atoms with Gasteiger partial charge in [-0.1, -0.05) is 6.07 Å². The number of carbonyl (C=O) groups excluding carboxylic acids is 1. The van der Waals surface area contributed by atoms with Gasteiger partial charge in [-0.15, -0.1) is 0 Å². The molecule has 0 fully saturated rings. The molecule has 2 N–H and O–H groups in total. The lowest BCUT2D eigenvalue weighted by Crippen LogP contribution is -2.14. The average Bonchev–Trinajstić information content (AvgIpc) is 2.67.